The summed E-state index contributed by atoms with van der Waals surface area (Å²) in [4.78, 5) is 23.0. The molecular formula is C26H29FN4O3. The first-order valence-corrected chi connectivity index (χ1v) is 11.4. The van der Waals surface area contributed by atoms with Crippen molar-refractivity contribution < 1.29 is 18.7 Å². The van der Waals surface area contributed by atoms with Gasteiger partial charge in [-0.2, -0.15) is 0 Å². The van der Waals surface area contributed by atoms with Gasteiger partial charge >= 0.3 is 0 Å². The van der Waals surface area contributed by atoms with Gasteiger partial charge in [0.2, 0.25) is 5.91 Å². The van der Waals surface area contributed by atoms with Crippen LogP contribution in [0.2, 0.25) is 0 Å². The van der Waals surface area contributed by atoms with Gasteiger partial charge in [0.15, 0.2) is 0 Å². The van der Waals surface area contributed by atoms with Crippen molar-refractivity contribution in [2.45, 2.75) is 19.9 Å². The minimum Gasteiger partial charge on any atom is -0.492 e. The maximum Gasteiger partial charge on any atom is 0.227 e. The molecule has 0 atom stereocenters. The topological polar surface area (TPSA) is 76.6 Å². The molecule has 1 amide bonds. The Morgan fingerprint density at radius 2 is 1.94 bits per heavy atom. The molecule has 0 saturated carbocycles. The lowest BCUT2D eigenvalue weighted by Gasteiger charge is -2.26. The molecule has 4 rings (SSSR count). The second-order valence-electron chi connectivity index (χ2n) is 8.27. The molecule has 2 heterocycles. The van der Waals surface area contributed by atoms with Gasteiger partial charge < -0.3 is 14.8 Å². The number of carbonyl (C=O) groups excluding carboxylic acids is 1. The van der Waals surface area contributed by atoms with Gasteiger partial charge in [0.05, 0.1) is 19.6 Å². The van der Waals surface area contributed by atoms with Crippen LogP contribution in [-0.2, 0) is 22.5 Å². The number of carbonyl (C=O) groups is 1. The molecule has 0 spiro atoms. The van der Waals surface area contributed by atoms with Crippen LogP contribution in [0.4, 0.5) is 4.39 Å². The molecule has 0 unspecified atom stereocenters. The fraction of sp³-hybridized carbons (Fsp3) is 0.346. The number of halogens is 1. The van der Waals surface area contributed by atoms with Crippen molar-refractivity contribution in [2.75, 3.05) is 39.5 Å². The van der Waals surface area contributed by atoms with Crippen LogP contribution in [0.3, 0.4) is 0 Å². The van der Waals surface area contributed by atoms with Gasteiger partial charge in [-0.15, -0.1) is 0 Å². The molecule has 178 valence electrons. The number of amides is 1. The molecule has 2 aromatic carbocycles. The molecule has 3 aromatic rings. The first kappa shape index (κ1) is 23.8. The van der Waals surface area contributed by atoms with Crippen molar-refractivity contribution in [1.82, 2.24) is 20.2 Å². The average molecular weight is 465 g/mol. The van der Waals surface area contributed by atoms with E-state index in [1.165, 1.54) is 18.5 Å². The van der Waals surface area contributed by atoms with Crippen LogP contribution in [0, 0.1) is 12.7 Å². The van der Waals surface area contributed by atoms with Crippen LogP contribution in [0.1, 0.15) is 17.0 Å². The Bertz CT molecular complexity index is 1100. The number of ether oxygens (including phenoxy) is 2. The second kappa shape index (κ2) is 11.7. The highest BCUT2D eigenvalue weighted by Gasteiger charge is 2.12. The largest absolute Gasteiger partial charge is 0.492 e. The third-order valence-electron chi connectivity index (χ3n) is 5.63. The quantitative estimate of drug-likeness (QED) is 0.524. The van der Waals surface area contributed by atoms with Gasteiger partial charge in [-0.3, -0.25) is 9.69 Å². The van der Waals surface area contributed by atoms with E-state index in [1.807, 2.05) is 31.2 Å². The van der Waals surface area contributed by atoms with E-state index in [0.717, 1.165) is 44.0 Å². The number of aryl methyl sites for hydroxylation is 1. The third kappa shape index (κ3) is 6.82. The number of nitrogens with one attached hydrogen (secondary N) is 1. The molecule has 34 heavy (non-hydrogen) atoms. The van der Waals surface area contributed by atoms with E-state index < -0.39 is 5.82 Å². The van der Waals surface area contributed by atoms with Gasteiger partial charge in [-0.1, -0.05) is 29.8 Å². The number of hydrogen-bond donors (Lipinski definition) is 1. The number of morpholine rings is 1. The minimum atomic E-state index is -0.406. The highest BCUT2D eigenvalue weighted by Crippen LogP contribution is 2.25. The van der Waals surface area contributed by atoms with E-state index in [2.05, 4.69) is 20.2 Å². The predicted octanol–water partition coefficient (Wildman–Crippen LogP) is 3.16. The Labute approximate surface area is 198 Å². The van der Waals surface area contributed by atoms with Crippen LogP contribution in [0.25, 0.3) is 11.1 Å². The molecule has 7 nitrogen and oxygen atoms in total. The summed E-state index contributed by atoms with van der Waals surface area (Å²) in [6.07, 6.45) is 3.13. The first-order chi connectivity index (χ1) is 16.6. The van der Waals surface area contributed by atoms with Crippen LogP contribution in [0.15, 0.2) is 54.9 Å². The second-order valence-corrected chi connectivity index (χ2v) is 8.27. The van der Waals surface area contributed by atoms with Gasteiger partial charge in [0, 0.05) is 55.8 Å². The summed E-state index contributed by atoms with van der Waals surface area (Å²) >= 11 is 0. The molecule has 0 radical (unpaired) electrons. The molecule has 8 heteroatoms. The molecular weight excluding hydrogens is 435 g/mol. The zero-order valence-electron chi connectivity index (χ0n) is 19.3. The molecule has 0 bridgehead atoms. The van der Waals surface area contributed by atoms with Crippen molar-refractivity contribution in [3.8, 4) is 16.9 Å². The Morgan fingerprint density at radius 3 is 2.68 bits per heavy atom. The smallest absolute Gasteiger partial charge is 0.227 e. The predicted molar refractivity (Wildman–Crippen MR) is 127 cm³/mol. The highest BCUT2D eigenvalue weighted by atomic mass is 19.1. The summed E-state index contributed by atoms with van der Waals surface area (Å²) in [6.45, 7) is 6.98. The fourth-order valence-corrected chi connectivity index (χ4v) is 3.75. The van der Waals surface area contributed by atoms with E-state index in [0.29, 0.717) is 35.9 Å². The van der Waals surface area contributed by atoms with E-state index in [1.54, 1.807) is 12.1 Å². The van der Waals surface area contributed by atoms with Crippen molar-refractivity contribution in [1.29, 1.82) is 0 Å². The Morgan fingerprint density at radius 1 is 1.15 bits per heavy atom. The summed E-state index contributed by atoms with van der Waals surface area (Å²) < 4.78 is 25.7. The van der Waals surface area contributed by atoms with Crippen molar-refractivity contribution in [3.63, 3.8) is 0 Å². The monoisotopic (exact) mass is 464 g/mol. The summed E-state index contributed by atoms with van der Waals surface area (Å²) in [5, 5.41) is 2.87. The molecule has 1 aromatic heterocycles. The van der Waals surface area contributed by atoms with Crippen LogP contribution in [0.5, 0.6) is 5.75 Å². The zero-order valence-corrected chi connectivity index (χ0v) is 19.3. The molecule has 1 N–H and O–H groups in total. The van der Waals surface area contributed by atoms with E-state index in [-0.39, 0.29) is 12.3 Å². The Hall–Kier alpha value is -3.36. The summed E-state index contributed by atoms with van der Waals surface area (Å²) in [6, 6.07) is 12.7. The number of aromatic nitrogens is 2. The van der Waals surface area contributed by atoms with Gasteiger partial charge in [0.25, 0.3) is 0 Å². The van der Waals surface area contributed by atoms with Crippen molar-refractivity contribution >= 4 is 5.91 Å². The lowest BCUT2D eigenvalue weighted by atomic mass is 10.1. The number of rotatable bonds is 9. The molecule has 1 fully saturated rings. The number of nitrogens with zero attached hydrogens (tertiary/aromatic N) is 3. The van der Waals surface area contributed by atoms with Crippen LogP contribution in [-0.4, -0.2) is 60.2 Å². The van der Waals surface area contributed by atoms with Crippen LogP contribution >= 0.6 is 0 Å². The standard InChI is InChI=1S/C26H29FN4O3/c1-19-3-2-4-20(13-19)16-30-26(32)15-25-28-17-21(18-29-25)23-6-5-22(14-24(23)27)34-12-9-31-7-10-33-11-8-31/h2-6,13-14,17-18H,7-12,15-16H2,1H3,(H,30,32). The summed E-state index contributed by atoms with van der Waals surface area (Å²) in [5.41, 5.74) is 3.11. The minimum absolute atomic E-state index is 0.0600. The lowest BCUT2D eigenvalue weighted by Crippen LogP contribution is -2.38. The number of hydrogen-bond acceptors (Lipinski definition) is 6. The van der Waals surface area contributed by atoms with E-state index in [4.69, 9.17) is 9.47 Å². The Balaban J connectivity index is 1.28. The van der Waals surface area contributed by atoms with Crippen molar-refractivity contribution in [3.05, 3.63) is 77.6 Å². The average Bonchev–Trinajstić information content (AvgIpc) is 2.84. The van der Waals surface area contributed by atoms with Gasteiger partial charge in [-0.25, -0.2) is 14.4 Å². The lowest BCUT2D eigenvalue weighted by molar-refractivity contribution is -0.120. The maximum absolute atomic E-state index is 14.7. The number of benzene rings is 2. The SMILES string of the molecule is Cc1cccc(CNC(=O)Cc2ncc(-c3ccc(OCCN4CCOCC4)cc3F)cn2)c1. The van der Waals surface area contributed by atoms with Crippen molar-refractivity contribution in [2.24, 2.45) is 0 Å². The molecule has 1 aliphatic rings. The maximum atomic E-state index is 14.7. The van der Waals surface area contributed by atoms with Crippen LogP contribution < -0.4 is 10.1 Å². The summed E-state index contributed by atoms with van der Waals surface area (Å²) in [5.74, 6) is 0.293. The third-order valence-corrected chi connectivity index (χ3v) is 5.63. The van der Waals surface area contributed by atoms with Gasteiger partial charge in [0.1, 0.15) is 24.0 Å². The van der Waals surface area contributed by atoms with E-state index in [9.17, 15) is 9.18 Å². The van der Waals surface area contributed by atoms with E-state index >= 15 is 0 Å². The van der Waals surface area contributed by atoms with Gasteiger partial charge in [-0.05, 0) is 24.6 Å². The zero-order chi connectivity index (χ0) is 23.8. The fourth-order valence-electron chi connectivity index (χ4n) is 3.75. The molecule has 1 aliphatic heterocycles. The first-order valence-electron chi connectivity index (χ1n) is 11.4. The normalized spacial score (nSPS) is 14.1. The Kier molecular flexibility index (Phi) is 8.17. The molecule has 1 saturated heterocycles. The highest BCUT2D eigenvalue weighted by molar-refractivity contribution is 5.77. The molecule has 0 aliphatic carbocycles. The summed E-state index contributed by atoms with van der Waals surface area (Å²) in [7, 11) is 0.